The SMILES string of the molecule is O=C(NC(O)C1(Cl)CCOC1=O)c1ccccc1. The minimum absolute atomic E-state index is 0.139. The smallest absolute Gasteiger partial charge is 0.332 e. The molecule has 0 saturated carbocycles. The molecule has 1 aromatic rings. The van der Waals surface area contributed by atoms with Gasteiger partial charge in [0.25, 0.3) is 5.91 Å². The number of aliphatic hydroxyl groups is 1. The summed E-state index contributed by atoms with van der Waals surface area (Å²) in [5.41, 5.74) is 0.378. The number of esters is 1. The van der Waals surface area contributed by atoms with Gasteiger partial charge in [-0.1, -0.05) is 18.2 Å². The van der Waals surface area contributed by atoms with Crippen molar-refractivity contribution < 1.29 is 19.4 Å². The van der Waals surface area contributed by atoms with E-state index in [2.05, 4.69) is 5.32 Å². The van der Waals surface area contributed by atoms with Gasteiger partial charge in [0, 0.05) is 12.0 Å². The summed E-state index contributed by atoms with van der Waals surface area (Å²) in [6, 6.07) is 8.35. The number of ether oxygens (including phenoxy) is 1. The summed E-state index contributed by atoms with van der Waals surface area (Å²) in [5.74, 6) is -1.21. The second kappa shape index (κ2) is 4.96. The van der Waals surface area contributed by atoms with Crippen LogP contribution in [0.2, 0.25) is 0 Å². The highest BCUT2D eigenvalue weighted by molar-refractivity contribution is 6.35. The van der Waals surface area contributed by atoms with E-state index in [-0.39, 0.29) is 13.0 Å². The van der Waals surface area contributed by atoms with Crippen molar-refractivity contribution in [3.8, 4) is 0 Å². The average molecular weight is 270 g/mol. The molecule has 1 saturated heterocycles. The molecule has 18 heavy (non-hydrogen) atoms. The second-order valence-corrected chi connectivity index (χ2v) is 4.66. The number of halogens is 1. The molecule has 1 aliphatic rings. The minimum Gasteiger partial charge on any atom is -0.464 e. The molecule has 5 nitrogen and oxygen atoms in total. The summed E-state index contributed by atoms with van der Waals surface area (Å²) in [4.78, 5) is 21.6. The molecule has 0 bridgehead atoms. The zero-order chi connectivity index (χ0) is 13.2. The van der Waals surface area contributed by atoms with E-state index in [0.717, 1.165) is 0 Å². The first-order valence-corrected chi connectivity index (χ1v) is 5.82. The van der Waals surface area contributed by atoms with Crippen LogP contribution in [0.3, 0.4) is 0 Å². The van der Waals surface area contributed by atoms with Crippen molar-refractivity contribution in [1.82, 2.24) is 5.32 Å². The van der Waals surface area contributed by atoms with Crippen molar-refractivity contribution in [2.45, 2.75) is 17.5 Å². The van der Waals surface area contributed by atoms with Crippen molar-refractivity contribution >= 4 is 23.5 Å². The molecule has 1 aliphatic heterocycles. The van der Waals surface area contributed by atoms with Gasteiger partial charge < -0.3 is 15.2 Å². The van der Waals surface area contributed by atoms with Gasteiger partial charge in [-0.3, -0.25) is 4.79 Å². The van der Waals surface area contributed by atoms with Crippen LogP contribution in [0.4, 0.5) is 0 Å². The maximum absolute atomic E-state index is 11.8. The first kappa shape index (κ1) is 12.9. The topological polar surface area (TPSA) is 75.6 Å². The molecule has 6 heteroatoms. The van der Waals surface area contributed by atoms with Crippen molar-refractivity contribution in [2.75, 3.05) is 6.61 Å². The fraction of sp³-hybridized carbons (Fsp3) is 0.333. The lowest BCUT2D eigenvalue weighted by Gasteiger charge is -2.24. The highest BCUT2D eigenvalue weighted by Crippen LogP contribution is 2.30. The third kappa shape index (κ3) is 2.32. The number of carbonyl (C=O) groups is 2. The molecule has 1 fully saturated rings. The number of nitrogens with one attached hydrogen (secondary N) is 1. The van der Waals surface area contributed by atoms with E-state index < -0.39 is 23.0 Å². The second-order valence-electron chi connectivity index (χ2n) is 3.99. The Kier molecular flexibility index (Phi) is 3.54. The Balaban J connectivity index is 2.06. The van der Waals surface area contributed by atoms with Crippen LogP contribution in [0.25, 0.3) is 0 Å². The lowest BCUT2D eigenvalue weighted by atomic mass is 10.1. The fourth-order valence-corrected chi connectivity index (χ4v) is 1.86. The van der Waals surface area contributed by atoms with Crippen LogP contribution < -0.4 is 5.32 Å². The normalized spacial score (nSPS) is 24.4. The predicted octanol–water partition coefficient (Wildman–Crippen LogP) is 0.659. The number of alkyl halides is 1. The Labute approximate surface area is 109 Å². The van der Waals surface area contributed by atoms with Gasteiger partial charge in [-0.15, -0.1) is 11.6 Å². The monoisotopic (exact) mass is 269 g/mol. The van der Waals surface area contributed by atoms with Crippen molar-refractivity contribution in [3.05, 3.63) is 35.9 Å². The summed E-state index contributed by atoms with van der Waals surface area (Å²) >= 11 is 5.96. The van der Waals surface area contributed by atoms with E-state index in [1.165, 1.54) is 0 Å². The number of carbonyl (C=O) groups excluding carboxylic acids is 2. The van der Waals surface area contributed by atoms with Gasteiger partial charge in [0.05, 0.1) is 6.61 Å². The average Bonchev–Trinajstić information content (AvgIpc) is 2.72. The number of amides is 1. The molecular weight excluding hydrogens is 258 g/mol. The largest absolute Gasteiger partial charge is 0.464 e. The summed E-state index contributed by atoms with van der Waals surface area (Å²) < 4.78 is 4.69. The molecular formula is C12H12ClNO4. The van der Waals surface area contributed by atoms with Gasteiger partial charge in [0.2, 0.25) is 0 Å². The van der Waals surface area contributed by atoms with Crippen LogP contribution in [0.15, 0.2) is 30.3 Å². The Morgan fingerprint density at radius 3 is 2.67 bits per heavy atom. The first-order chi connectivity index (χ1) is 8.54. The number of hydrogen-bond acceptors (Lipinski definition) is 4. The molecule has 0 aliphatic carbocycles. The summed E-state index contributed by atoms with van der Waals surface area (Å²) in [6.07, 6.45) is -1.33. The third-order valence-corrected chi connectivity index (χ3v) is 3.33. The summed E-state index contributed by atoms with van der Waals surface area (Å²) in [5, 5.41) is 12.1. The lowest BCUT2D eigenvalue weighted by molar-refractivity contribution is -0.142. The standard InChI is InChI=1S/C12H12ClNO4/c13-12(6-7-18-11(12)17)10(16)14-9(15)8-4-2-1-3-5-8/h1-5,10,16H,6-7H2,(H,14,15). The van der Waals surface area contributed by atoms with Gasteiger partial charge in [-0.25, -0.2) is 4.79 Å². The maximum Gasteiger partial charge on any atom is 0.332 e. The van der Waals surface area contributed by atoms with Gasteiger partial charge >= 0.3 is 5.97 Å². The van der Waals surface area contributed by atoms with E-state index in [1.54, 1.807) is 30.3 Å². The third-order valence-electron chi connectivity index (χ3n) is 2.78. The highest BCUT2D eigenvalue weighted by Gasteiger charge is 2.49. The Bertz CT molecular complexity index is 464. The number of rotatable bonds is 3. The van der Waals surface area contributed by atoms with Crippen LogP contribution in [0, 0.1) is 0 Å². The molecule has 1 heterocycles. The van der Waals surface area contributed by atoms with Crippen LogP contribution in [0.1, 0.15) is 16.8 Å². The first-order valence-electron chi connectivity index (χ1n) is 5.44. The molecule has 1 amide bonds. The molecule has 1 aromatic carbocycles. The lowest BCUT2D eigenvalue weighted by Crippen LogP contribution is -2.51. The van der Waals surface area contributed by atoms with E-state index in [9.17, 15) is 14.7 Å². The van der Waals surface area contributed by atoms with Crippen LogP contribution in [0.5, 0.6) is 0 Å². The van der Waals surface area contributed by atoms with E-state index >= 15 is 0 Å². The molecule has 0 spiro atoms. The Hall–Kier alpha value is -1.59. The number of cyclic esters (lactones) is 1. The molecule has 96 valence electrons. The van der Waals surface area contributed by atoms with Crippen molar-refractivity contribution in [3.63, 3.8) is 0 Å². The van der Waals surface area contributed by atoms with Gasteiger partial charge in [0.15, 0.2) is 11.1 Å². The zero-order valence-electron chi connectivity index (χ0n) is 9.43. The van der Waals surface area contributed by atoms with Crippen LogP contribution in [-0.4, -0.2) is 34.7 Å². The predicted molar refractivity (Wildman–Crippen MR) is 64.1 cm³/mol. The summed E-state index contributed by atoms with van der Waals surface area (Å²) in [7, 11) is 0. The van der Waals surface area contributed by atoms with E-state index in [0.29, 0.717) is 5.56 Å². The number of hydrogen-bond donors (Lipinski definition) is 2. The molecule has 2 unspecified atom stereocenters. The molecule has 2 atom stereocenters. The van der Waals surface area contributed by atoms with Gasteiger partial charge in [-0.05, 0) is 12.1 Å². The summed E-state index contributed by atoms with van der Waals surface area (Å²) in [6.45, 7) is 0.139. The van der Waals surface area contributed by atoms with E-state index in [4.69, 9.17) is 16.3 Å². The minimum atomic E-state index is -1.59. The van der Waals surface area contributed by atoms with E-state index in [1.807, 2.05) is 0 Å². The Morgan fingerprint density at radius 2 is 2.11 bits per heavy atom. The molecule has 2 rings (SSSR count). The van der Waals surface area contributed by atoms with Gasteiger partial charge in [0.1, 0.15) is 0 Å². The van der Waals surface area contributed by atoms with Crippen molar-refractivity contribution in [1.29, 1.82) is 0 Å². The number of aliphatic hydroxyl groups excluding tert-OH is 1. The number of benzene rings is 1. The molecule has 0 radical (unpaired) electrons. The van der Waals surface area contributed by atoms with Crippen LogP contribution in [-0.2, 0) is 9.53 Å². The van der Waals surface area contributed by atoms with Crippen molar-refractivity contribution in [2.24, 2.45) is 0 Å². The quantitative estimate of drug-likeness (QED) is 0.480. The molecule has 2 N–H and O–H groups in total. The maximum atomic E-state index is 11.8. The van der Waals surface area contributed by atoms with Gasteiger partial charge in [-0.2, -0.15) is 0 Å². The molecule has 0 aromatic heterocycles. The fourth-order valence-electron chi connectivity index (χ4n) is 1.67. The zero-order valence-corrected chi connectivity index (χ0v) is 10.2. The Morgan fingerprint density at radius 1 is 1.44 bits per heavy atom. The van der Waals surface area contributed by atoms with Crippen LogP contribution >= 0.6 is 11.6 Å². The highest BCUT2D eigenvalue weighted by atomic mass is 35.5.